The molecule has 1 heterocycles. The molecule has 0 saturated carbocycles. The summed E-state index contributed by atoms with van der Waals surface area (Å²) in [6.45, 7) is 1.47. The fraction of sp³-hybridized carbons (Fsp3) is 0.200. The summed E-state index contributed by atoms with van der Waals surface area (Å²) >= 11 is 0. The van der Waals surface area contributed by atoms with Gasteiger partial charge in [-0.15, -0.1) is 0 Å². The standard InChI is InChI=1S/C15H11F3N2O3S/c1-8-5-10(12(7-19)14(21)20-8)11-6-9(15(16,17)18)3-4-13(11)24(2,22)23/h3-6H,1-2H3,(H,20,21). The van der Waals surface area contributed by atoms with Gasteiger partial charge in [-0.3, -0.25) is 4.79 Å². The number of nitrogens with zero attached hydrogens (tertiary/aromatic N) is 1. The van der Waals surface area contributed by atoms with Gasteiger partial charge in [-0.1, -0.05) is 0 Å². The lowest BCUT2D eigenvalue weighted by atomic mass is 9.99. The number of nitrogens with one attached hydrogen (secondary N) is 1. The Hall–Kier alpha value is -2.60. The molecule has 0 radical (unpaired) electrons. The van der Waals surface area contributed by atoms with Crippen molar-refractivity contribution >= 4 is 9.84 Å². The first-order valence-corrected chi connectivity index (χ1v) is 8.40. The molecule has 0 aliphatic carbocycles. The molecule has 0 bridgehead atoms. The van der Waals surface area contributed by atoms with Crippen LogP contribution in [0.15, 0.2) is 34.0 Å². The molecule has 0 aliphatic rings. The molecular weight excluding hydrogens is 345 g/mol. The van der Waals surface area contributed by atoms with Crippen LogP contribution in [0.2, 0.25) is 0 Å². The van der Waals surface area contributed by atoms with E-state index in [2.05, 4.69) is 4.98 Å². The maximum atomic E-state index is 13.0. The van der Waals surface area contributed by atoms with Crippen molar-refractivity contribution < 1.29 is 21.6 Å². The number of aryl methyl sites for hydroxylation is 1. The maximum absolute atomic E-state index is 13.0. The van der Waals surface area contributed by atoms with Crippen LogP contribution >= 0.6 is 0 Å². The number of rotatable bonds is 2. The van der Waals surface area contributed by atoms with Crippen LogP contribution in [0.5, 0.6) is 0 Å². The molecule has 24 heavy (non-hydrogen) atoms. The van der Waals surface area contributed by atoms with Crippen molar-refractivity contribution in [2.24, 2.45) is 0 Å². The van der Waals surface area contributed by atoms with E-state index in [1.807, 2.05) is 0 Å². The van der Waals surface area contributed by atoms with Crippen LogP contribution in [0, 0.1) is 18.3 Å². The summed E-state index contributed by atoms with van der Waals surface area (Å²) in [6.07, 6.45) is -3.86. The lowest BCUT2D eigenvalue weighted by molar-refractivity contribution is -0.137. The summed E-state index contributed by atoms with van der Waals surface area (Å²) in [4.78, 5) is 13.8. The molecule has 1 aromatic carbocycles. The largest absolute Gasteiger partial charge is 0.416 e. The monoisotopic (exact) mass is 356 g/mol. The Kier molecular flexibility index (Phi) is 4.29. The summed E-state index contributed by atoms with van der Waals surface area (Å²) in [7, 11) is -3.88. The van der Waals surface area contributed by atoms with E-state index in [9.17, 15) is 26.4 Å². The second-order valence-corrected chi connectivity index (χ2v) is 7.15. The van der Waals surface area contributed by atoms with Gasteiger partial charge < -0.3 is 4.98 Å². The Morgan fingerprint density at radius 3 is 2.29 bits per heavy atom. The minimum Gasteiger partial charge on any atom is -0.325 e. The van der Waals surface area contributed by atoms with Crippen molar-refractivity contribution in [3.8, 4) is 17.2 Å². The molecule has 2 rings (SSSR count). The maximum Gasteiger partial charge on any atom is 0.416 e. The highest BCUT2D eigenvalue weighted by atomic mass is 32.2. The van der Waals surface area contributed by atoms with Crippen molar-refractivity contribution in [1.82, 2.24) is 4.98 Å². The lowest BCUT2D eigenvalue weighted by Gasteiger charge is -2.14. The Labute approximate surface area is 135 Å². The molecule has 1 N–H and O–H groups in total. The number of hydrogen-bond donors (Lipinski definition) is 1. The van der Waals surface area contributed by atoms with Gasteiger partial charge in [0.25, 0.3) is 5.56 Å². The van der Waals surface area contributed by atoms with Gasteiger partial charge in [0.15, 0.2) is 9.84 Å². The summed E-state index contributed by atoms with van der Waals surface area (Å²) in [6, 6.07) is 4.97. The predicted octanol–water partition coefficient (Wildman–Crippen LogP) is 2.64. The van der Waals surface area contributed by atoms with Crippen molar-refractivity contribution in [2.45, 2.75) is 18.0 Å². The molecule has 0 atom stereocenters. The van der Waals surface area contributed by atoms with Gasteiger partial charge >= 0.3 is 6.18 Å². The van der Waals surface area contributed by atoms with E-state index < -0.39 is 37.6 Å². The number of H-pyrrole nitrogens is 1. The van der Waals surface area contributed by atoms with Crippen molar-refractivity contribution in [2.75, 3.05) is 6.26 Å². The number of hydrogen-bond acceptors (Lipinski definition) is 4. The van der Waals surface area contributed by atoms with E-state index in [0.717, 1.165) is 12.3 Å². The first kappa shape index (κ1) is 17.7. The second kappa shape index (κ2) is 5.79. The molecule has 5 nitrogen and oxygen atoms in total. The normalized spacial score (nSPS) is 12.0. The highest BCUT2D eigenvalue weighted by Gasteiger charge is 2.32. The third-order valence-corrected chi connectivity index (χ3v) is 4.43. The van der Waals surface area contributed by atoms with Crippen molar-refractivity contribution in [3.05, 3.63) is 51.4 Å². The lowest BCUT2D eigenvalue weighted by Crippen LogP contribution is -2.14. The van der Waals surface area contributed by atoms with Crippen LogP contribution in [-0.4, -0.2) is 19.7 Å². The average molecular weight is 356 g/mol. The molecule has 0 unspecified atom stereocenters. The molecular formula is C15H11F3N2O3S. The van der Waals surface area contributed by atoms with Crippen LogP contribution < -0.4 is 5.56 Å². The summed E-state index contributed by atoms with van der Waals surface area (Å²) in [5, 5.41) is 9.13. The topological polar surface area (TPSA) is 90.8 Å². The Bertz CT molecular complexity index is 1020. The SMILES string of the molecule is Cc1cc(-c2cc(C(F)(F)F)ccc2S(C)(=O)=O)c(C#N)c(=O)[nH]1. The Morgan fingerprint density at radius 2 is 1.79 bits per heavy atom. The van der Waals surface area contributed by atoms with E-state index in [4.69, 9.17) is 5.26 Å². The predicted molar refractivity (Wildman–Crippen MR) is 80.1 cm³/mol. The van der Waals surface area contributed by atoms with Crippen LogP contribution in [0.25, 0.3) is 11.1 Å². The van der Waals surface area contributed by atoms with Gasteiger partial charge in [0.1, 0.15) is 11.6 Å². The van der Waals surface area contributed by atoms with E-state index in [0.29, 0.717) is 12.1 Å². The number of alkyl halides is 3. The highest BCUT2D eigenvalue weighted by molar-refractivity contribution is 7.90. The van der Waals surface area contributed by atoms with Gasteiger partial charge in [-0.2, -0.15) is 18.4 Å². The number of benzene rings is 1. The van der Waals surface area contributed by atoms with Gasteiger partial charge in [0.05, 0.1) is 10.5 Å². The molecule has 0 aliphatic heterocycles. The van der Waals surface area contributed by atoms with E-state index >= 15 is 0 Å². The number of pyridine rings is 1. The van der Waals surface area contributed by atoms with Crippen LogP contribution in [-0.2, 0) is 16.0 Å². The number of nitriles is 1. The molecule has 2 aromatic rings. The van der Waals surface area contributed by atoms with Crippen LogP contribution in [0.1, 0.15) is 16.8 Å². The number of halogens is 3. The van der Waals surface area contributed by atoms with Crippen molar-refractivity contribution in [1.29, 1.82) is 5.26 Å². The third-order valence-electron chi connectivity index (χ3n) is 3.28. The highest BCUT2D eigenvalue weighted by Crippen LogP contribution is 2.36. The van der Waals surface area contributed by atoms with Gasteiger partial charge in [0, 0.05) is 23.1 Å². The fourth-order valence-electron chi connectivity index (χ4n) is 2.25. The van der Waals surface area contributed by atoms with E-state index in [-0.39, 0.29) is 16.8 Å². The summed E-state index contributed by atoms with van der Waals surface area (Å²) in [5.74, 6) is 0. The second-order valence-electron chi connectivity index (χ2n) is 5.16. The fourth-order valence-corrected chi connectivity index (χ4v) is 3.14. The first-order valence-electron chi connectivity index (χ1n) is 6.51. The molecule has 1 aromatic heterocycles. The van der Waals surface area contributed by atoms with Crippen LogP contribution in [0.3, 0.4) is 0 Å². The zero-order chi connectivity index (χ0) is 18.3. The molecule has 0 fully saturated rings. The minimum absolute atomic E-state index is 0.162. The number of aromatic amines is 1. The molecule has 0 saturated heterocycles. The quantitative estimate of drug-likeness (QED) is 0.896. The van der Waals surface area contributed by atoms with E-state index in [1.54, 1.807) is 6.07 Å². The molecule has 0 amide bonds. The Balaban J connectivity index is 2.97. The zero-order valence-corrected chi connectivity index (χ0v) is 13.3. The van der Waals surface area contributed by atoms with E-state index in [1.165, 1.54) is 13.0 Å². The number of aromatic nitrogens is 1. The smallest absolute Gasteiger partial charge is 0.325 e. The van der Waals surface area contributed by atoms with Gasteiger partial charge in [-0.25, -0.2) is 8.42 Å². The van der Waals surface area contributed by atoms with Crippen LogP contribution in [0.4, 0.5) is 13.2 Å². The average Bonchev–Trinajstić information content (AvgIpc) is 2.44. The summed E-state index contributed by atoms with van der Waals surface area (Å²) in [5.41, 5.74) is -2.55. The van der Waals surface area contributed by atoms with Gasteiger partial charge in [-0.05, 0) is 31.2 Å². The molecule has 0 spiro atoms. The number of sulfone groups is 1. The molecule has 9 heteroatoms. The summed E-state index contributed by atoms with van der Waals surface area (Å²) < 4.78 is 62.7. The first-order chi connectivity index (χ1) is 10.9. The third kappa shape index (κ3) is 3.33. The minimum atomic E-state index is -4.70. The Morgan fingerprint density at radius 1 is 1.17 bits per heavy atom. The zero-order valence-electron chi connectivity index (χ0n) is 12.5. The van der Waals surface area contributed by atoms with Crippen molar-refractivity contribution in [3.63, 3.8) is 0 Å². The van der Waals surface area contributed by atoms with Gasteiger partial charge in [0.2, 0.25) is 0 Å². The molecule has 126 valence electrons.